The van der Waals surface area contributed by atoms with Gasteiger partial charge in [0.25, 0.3) is 0 Å². The fraction of sp³-hybridized carbons (Fsp3) is 0.154. The number of nitriles is 1. The average molecular weight is 272 g/mol. The summed E-state index contributed by atoms with van der Waals surface area (Å²) in [5.74, 6) is -0.211. The molecule has 94 valence electrons. The fourth-order valence-electron chi connectivity index (χ4n) is 2.22. The van der Waals surface area contributed by atoms with Gasteiger partial charge < -0.3 is 9.97 Å². The summed E-state index contributed by atoms with van der Waals surface area (Å²) in [5, 5.41) is 9.05. The number of hydrogen-bond acceptors (Lipinski definition) is 3. The molecule has 2 unspecified atom stereocenters. The molecule has 2 atom stereocenters. The van der Waals surface area contributed by atoms with E-state index in [9.17, 15) is 0 Å². The molecule has 2 heterocycles. The fourth-order valence-corrected chi connectivity index (χ4v) is 2.57. The smallest absolute Gasteiger partial charge is 0.116 e. The van der Waals surface area contributed by atoms with Gasteiger partial charge >= 0.3 is 0 Å². The highest BCUT2D eigenvalue weighted by molar-refractivity contribution is 6.26. The van der Waals surface area contributed by atoms with Crippen LogP contribution in [0.2, 0.25) is 0 Å². The second-order valence-electron chi connectivity index (χ2n) is 4.29. The van der Waals surface area contributed by atoms with Crippen LogP contribution in [-0.4, -0.2) is 19.9 Å². The summed E-state index contributed by atoms with van der Waals surface area (Å²) in [5.41, 5.74) is 2.20. The van der Waals surface area contributed by atoms with Crippen LogP contribution in [-0.2, 0) is 4.87 Å². The lowest BCUT2D eigenvalue weighted by molar-refractivity contribution is 0.626. The van der Waals surface area contributed by atoms with Crippen molar-refractivity contribution >= 4 is 11.6 Å². The highest BCUT2D eigenvalue weighted by Crippen LogP contribution is 2.46. The van der Waals surface area contributed by atoms with Gasteiger partial charge in [0.2, 0.25) is 0 Å². The molecular formula is C13H10ClN5. The molecule has 0 aromatic carbocycles. The molecule has 2 aromatic heterocycles. The van der Waals surface area contributed by atoms with E-state index in [1.165, 1.54) is 0 Å². The van der Waals surface area contributed by atoms with E-state index in [1.54, 1.807) is 31.1 Å². The van der Waals surface area contributed by atoms with Crippen molar-refractivity contribution in [2.45, 2.75) is 10.8 Å². The zero-order chi connectivity index (χ0) is 13.3. The average Bonchev–Trinajstić information content (AvgIpc) is 3.12. The number of aromatic amines is 2. The Hall–Kier alpha value is -2.32. The van der Waals surface area contributed by atoms with Crippen LogP contribution in [0.25, 0.3) is 0 Å². The molecule has 0 radical (unpaired) electrons. The summed E-state index contributed by atoms with van der Waals surface area (Å²) in [6, 6.07) is 2.13. The summed E-state index contributed by atoms with van der Waals surface area (Å²) in [7, 11) is 0. The zero-order valence-electron chi connectivity index (χ0n) is 9.84. The van der Waals surface area contributed by atoms with Crippen LogP contribution >= 0.6 is 11.6 Å². The predicted molar refractivity (Wildman–Crippen MR) is 70.3 cm³/mol. The van der Waals surface area contributed by atoms with Gasteiger partial charge in [0, 0.05) is 23.4 Å². The molecule has 0 saturated heterocycles. The van der Waals surface area contributed by atoms with Crippen LogP contribution < -0.4 is 0 Å². The molecule has 0 fully saturated rings. The number of aromatic nitrogens is 4. The van der Waals surface area contributed by atoms with Gasteiger partial charge in [-0.2, -0.15) is 5.26 Å². The topological polar surface area (TPSA) is 81.2 Å². The van der Waals surface area contributed by atoms with Crippen LogP contribution in [0.5, 0.6) is 0 Å². The Labute approximate surface area is 114 Å². The first-order valence-corrected chi connectivity index (χ1v) is 6.09. The van der Waals surface area contributed by atoms with Crippen LogP contribution in [0.15, 0.2) is 48.8 Å². The Morgan fingerprint density at radius 1 is 1.26 bits per heavy atom. The first-order chi connectivity index (χ1) is 9.24. The van der Waals surface area contributed by atoms with Gasteiger partial charge in [-0.3, -0.25) is 0 Å². The number of halogens is 1. The number of allylic oxidation sites excluding steroid dienone is 4. The summed E-state index contributed by atoms with van der Waals surface area (Å²) in [6.07, 6.45) is 11.9. The van der Waals surface area contributed by atoms with E-state index in [1.807, 2.05) is 12.2 Å². The van der Waals surface area contributed by atoms with E-state index < -0.39 is 4.87 Å². The molecule has 1 aliphatic rings. The Bertz CT molecular complexity index is 662. The number of imidazole rings is 2. The van der Waals surface area contributed by atoms with Crippen molar-refractivity contribution in [3.8, 4) is 6.07 Å². The molecule has 5 nitrogen and oxygen atoms in total. The molecular weight excluding hydrogens is 262 g/mol. The zero-order valence-corrected chi connectivity index (χ0v) is 10.6. The molecule has 0 aliphatic heterocycles. The number of alkyl halides is 1. The lowest BCUT2D eigenvalue weighted by atomic mass is 9.81. The van der Waals surface area contributed by atoms with Gasteiger partial charge in [-0.1, -0.05) is 12.2 Å². The van der Waals surface area contributed by atoms with Gasteiger partial charge in [0.15, 0.2) is 0 Å². The minimum atomic E-state index is -0.802. The van der Waals surface area contributed by atoms with Crippen LogP contribution in [0, 0.1) is 11.3 Å². The van der Waals surface area contributed by atoms with Gasteiger partial charge in [-0.25, -0.2) is 9.97 Å². The normalized spacial score (nSPS) is 25.9. The summed E-state index contributed by atoms with van der Waals surface area (Å²) in [4.78, 5) is 13.3. The van der Waals surface area contributed by atoms with Crippen LogP contribution in [0.1, 0.15) is 17.3 Å². The summed E-state index contributed by atoms with van der Waals surface area (Å²) in [6.45, 7) is 0. The van der Waals surface area contributed by atoms with Gasteiger partial charge in [-0.15, -0.1) is 11.6 Å². The SMILES string of the molecule is N#CC1=CC(c2cnc[nH]2)C(Cl)(c2cnc[nH]2)C=C1. The summed E-state index contributed by atoms with van der Waals surface area (Å²) >= 11 is 6.76. The van der Waals surface area contributed by atoms with Crippen molar-refractivity contribution in [3.05, 3.63) is 60.2 Å². The highest BCUT2D eigenvalue weighted by Gasteiger charge is 2.40. The predicted octanol–water partition coefficient (Wildman–Crippen LogP) is 2.37. The molecule has 0 spiro atoms. The van der Waals surface area contributed by atoms with Crippen molar-refractivity contribution in [3.63, 3.8) is 0 Å². The number of rotatable bonds is 2. The van der Waals surface area contributed by atoms with Crippen molar-refractivity contribution in [1.82, 2.24) is 19.9 Å². The minimum absolute atomic E-state index is 0.211. The summed E-state index contributed by atoms with van der Waals surface area (Å²) < 4.78 is 0. The van der Waals surface area contributed by atoms with E-state index in [4.69, 9.17) is 16.9 Å². The van der Waals surface area contributed by atoms with E-state index >= 15 is 0 Å². The third-order valence-electron chi connectivity index (χ3n) is 3.20. The van der Waals surface area contributed by atoms with Crippen LogP contribution in [0.4, 0.5) is 0 Å². The molecule has 2 N–H and O–H groups in total. The van der Waals surface area contributed by atoms with Crippen molar-refractivity contribution in [2.75, 3.05) is 0 Å². The number of hydrogen-bond donors (Lipinski definition) is 2. The lowest BCUT2D eigenvalue weighted by Gasteiger charge is -2.31. The molecule has 0 amide bonds. The van der Waals surface area contributed by atoms with E-state index in [-0.39, 0.29) is 5.92 Å². The third kappa shape index (κ3) is 1.86. The maximum atomic E-state index is 9.05. The maximum Gasteiger partial charge on any atom is 0.116 e. The molecule has 1 aliphatic carbocycles. The van der Waals surface area contributed by atoms with Crippen molar-refractivity contribution < 1.29 is 0 Å². The van der Waals surface area contributed by atoms with Crippen molar-refractivity contribution in [2.24, 2.45) is 0 Å². The van der Waals surface area contributed by atoms with Gasteiger partial charge in [0.1, 0.15) is 4.87 Å². The molecule has 6 heteroatoms. The quantitative estimate of drug-likeness (QED) is 0.823. The van der Waals surface area contributed by atoms with Crippen molar-refractivity contribution in [1.29, 1.82) is 5.26 Å². The Morgan fingerprint density at radius 2 is 2.05 bits per heavy atom. The Morgan fingerprint density at radius 3 is 2.68 bits per heavy atom. The standard InChI is InChI=1S/C13H10ClN5/c14-13(12-6-17-8-19-12)2-1-9(4-15)3-10(13)11-5-16-7-18-11/h1-3,5-8,10H,(H,16,18)(H,17,19). The Balaban J connectivity index is 2.12. The lowest BCUT2D eigenvalue weighted by Crippen LogP contribution is -2.27. The Kier molecular flexibility index (Phi) is 2.73. The van der Waals surface area contributed by atoms with E-state index in [2.05, 4.69) is 26.0 Å². The second kappa shape index (κ2) is 4.41. The molecule has 0 bridgehead atoms. The molecule has 2 aromatic rings. The largest absolute Gasteiger partial charge is 0.348 e. The van der Waals surface area contributed by atoms with Gasteiger partial charge in [0.05, 0.1) is 30.6 Å². The molecule has 3 rings (SSSR count). The monoisotopic (exact) mass is 271 g/mol. The first kappa shape index (κ1) is 11.8. The van der Waals surface area contributed by atoms with E-state index in [0.29, 0.717) is 5.57 Å². The first-order valence-electron chi connectivity index (χ1n) is 5.71. The number of nitrogens with one attached hydrogen (secondary N) is 2. The number of H-pyrrole nitrogens is 2. The minimum Gasteiger partial charge on any atom is -0.348 e. The second-order valence-corrected chi connectivity index (χ2v) is 4.91. The highest BCUT2D eigenvalue weighted by atomic mass is 35.5. The van der Waals surface area contributed by atoms with Crippen LogP contribution in [0.3, 0.4) is 0 Å². The number of nitrogens with zero attached hydrogens (tertiary/aromatic N) is 3. The van der Waals surface area contributed by atoms with Gasteiger partial charge in [-0.05, 0) is 6.08 Å². The van der Waals surface area contributed by atoms with E-state index in [0.717, 1.165) is 11.4 Å². The molecule has 19 heavy (non-hydrogen) atoms. The molecule has 0 saturated carbocycles. The maximum absolute atomic E-state index is 9.05. The third-order valence-corrected chi connectivity index (χ3v) is 3.76.